The van der Waals surface area contributed by atoms with Crippen molar-refractivity contribution < 1.29 is 14.3 Å². The Morgan fingerprint density at radius 1 is 1.39 bits per heavy atom. The molecule has 8 heteroatoms. The van der Waals surface area contributed by atoms with Gasteiger partial charge in [-0.05, 0) is 42.5 Å². The van der Waals surface area contributed by atoms with Crippen molar-refractivity contribution in [1.82, 2.24) is 25.5 Å². The van der Waals surface area contributed by atoms with E-state index in [9.17, 15) is 4.79 Å². The fourth-order valence-electron chi connectivity index (χ4n) is 1.95. The van der Waals surface area contributed by atoms with E-state index < -0.39 is 0 Å². The molecule has 1 aromatic heterocycles. The van der Waals surface area contributed by atoms with Crippen LogP contribution in [0.3, 0.4) is 0 Å². The Balaban J connectivity index is 1.97. The zero-order valence-corrected chi connectivity index (χ0v) is 13.5. The first-order valence-electron chi connectivity index (χ1n) is 7.38. The summed E-state index contributed by atoms with van der Waals surface area (Å²) in [6.45, 7) is 5.15. The van der Waals surface area contributed by atoms with Crippen LogP contribution in [0.25, 0.3) is 0 Å². The number of benzene rings is 1. The topological polar surface area (TPSA) is 91.2 Å². The summed E-state index contributed by atoms with van der Waals surface area (Å²) in [4.78, 5) is 12.0. The van der Waals surface area contributed by atoms with Crippen molar-refractivity contribution >= 4 is 5.91 Å². The highest BCUT2D eigenvalue weighted by Crippen LogP contribution is 2.15. The molecule has 0 radical (unpaired) electrons. The van der Waals surface area contributed by atoms with Crippen LogP contribution >= 0.6 is 0 Å². The molecular weight excluding hydrogens is 298 g/mol. The van der Waals surface area contributed by atoms with Crippen molar-refractivity contribution in [2.45, 2.75) is 26.5 Å². The number of methoxy groups -OCH3 is 1. The number of rotatable bonds is 8. The second-order valence-corrected chi connectivity index (χ2v) is 5.20. The summed E-state index contributed by atoms with van der Waals surface area (Å²) in [5, 5.41) is 14.3. The first-order chi connectivity index (χ1) is 11.1. The minimum Gasteiger partial charge on any atom is -0.486 e. The zero-order valence-electron chi connectivity index (χ0n) is 13.5. The molecule has 0 saturated heterocycles. The number of carbonyl (C=O) groups excluding carboxylic acids is 1. The van der Waals surface area contributed by atoms with Crippen LogP contribution in [-0.4, -0.2) is 46.4 Å². The molecule has 0 unspecified atom stereocenters. The quantitative estimate of drug-likeness (QED) is 0.735. The van der Waals surface area contributed by atoms with Crippen molar-refractivity contribution in [2.24, 2.45) is 0 Å². The maximum Gasteiger partial charge on any atom is 0.251 e. The maximum atomic E-state index is 12.0. The highest BCUT2D eigenvalue weighted by molar-refractivity contribution is 5.94. The molecule has 23 heavy (non-hydrogen) atoms. The molecule has 1 amide bonds. The van der Waals surface area contributed by atoms with Crippen molar-refractivity contribution in [3.63, 3.8) is 0 Å². The molecule has 0 bridgehead atoms. The summed E-state index contributed by atoms with van der Waals surface area (Å²) in [5.74, 6) is 1.05. The summed E-state index contributed by atoms with van der Waals surface area (Å²) in [5.41, 5.74) is 0.530. The predicted octanol–water partition coefficient (Wildman–Crippen LogP) is 1.21. The second kappa shape index (κ2) is 8.23. The van der Waals surface area contributed by atoms with Gasteiger partial charge in [-0.25, -0.2) is 4.68 Å². The van der Waals surface area contributed by atoms with Crippen LogP contribution in [-0.2, 0) is 11.3 Å². The fourth-order valence-corrected chi connectivity index (χ4v) is 1.95. The third-order valence-corrected chi connectivity index (χ3v) is 3.11. The molecule has 1 N–H and O–H groups in total. The van der Waals surface area contributed by atoms with E-state index in [2.05, 4.69) is 20.8 Å². The molecule has 124 valence electrons. The van der Waals surface area contributed by atoms with Gasteiger partial charge < -0.3 is 14.8 Å². The van der Waals surface area contributed by atoms with E-state index >= 15 is 0 Å². The van der Waals surface area contributed by atoms with Gasteiger partial charge in [0.1, 0.15) is 12.4 Å². The lowest BCUT2D eigenvalue weighted by Crippen LogP contribution is -2.26. The minimum absolute atomic E-state index is 0.154. The van der Waals surface area contributed by atoms with Crippen LogP contribution in [0.15, 0.2) is 24.3 Å². The molecule has 0 atom stereocenters. The van der Waals surface area contributed by atoms with Gasteiger partial charge in [0, 0.05) is 19.2 Å². The number of amides is 1. The van der Waals surface area contributed by atoms with Crippen LogP contribution in [0, 0.1) is 0 Å². The fraction of sp³-hybridized carbons (Fsp3) is 0.467. The number of nitrogens with one attached hydrogen (secondary N) is 1. The predicted molar refractivity (Wildman–Crippen MR) is 83.2 cm³/mol. The average molecular weight is 319 g/mol. The van der Waals surface area contributed by atoms with E-state index in [-0.39, 0.29) is 18.6 Å². The molecule has 0 aliphatic rings. The zero-order chi connectivity index (χ0) is 16.7. The lowest BCUT2D eigenvalue weighted by atomic mass is 10.2. The number of carbonyl (C=O) groups is 1. The molecule has 0 spiro atoms. The third-order valence-electron chi connectivity index (χ3n) is 3.11. The van der Waals surface area contributed by atoms with Gasteiger partial charge in [-0.2, -0.15) is 0 Å². The van der Waals surface area contributed by atoms with Crippen LogP contribution in [0.1, 0.15) is 36.1 Å². The monoisotopic (exact) mass is 319 g/mol. The number of aromatic nitrogens is 4. The van der Waals surface area contributed by atoms with Gasteiger partial charge in [0.05, 0.1) is 12.6 Å². The summed E-state index contributed by atoms with van der Waals surface area (Å²) in [7, 11) is 1.59. The molecule has 0 aliphatic carbocycles. The van der Waals surface area contributed by atoms with Crippen molar-refractivity contribution in [2.75, 3.05) is 20.3 Å². The second-order valence-electron chi connectivity index (χ2n) is 5.20. The molecule has 0 aliphatic heterocycles. The van der Waals surface area contributed by atoms with E-state index in [0.717, 1.165) is 0 Å². The lowest BCUT2D eigenvalue weighted by molar-refractivity contribution is 0.0936. The van der Waals surface area contributed by atoms with Gasteiger partial charge in [-0.3, -0.25) is 4.79 Å². The number of hydrogen-bond donors (Lipinski definition) is 1. The number of hydrogen-bond acceptors (Lipinski definition) is 6. The van der Waals surface area contributed by atoms with Crippen molar-refractivity contribution in [3.05, 3.63) is 35.7 Å². The van der Waals surface area contributed by atoms with E-state index in [1.54, 1.807) is 36.1 Å². The van der Waals surface area contributed by atoms with E-state index in [4.69, 9.17) is 9.47 Å². The van der Waals surface area contributed by atoms with Crippen LogP contribution in [0.5, 0.6) is 5.75 Å². The summed E-state index contributed by atoms with van der Waals surface area (Å²) < 4.78 is 12.3. The Hall–Kier alpha value is -2.48. The smallest absolute Gasteiger partial charge is 0.251 e. The van der Waals surface area contributed by atoms with Gasteiger partial charge in [0.25, 0.3) is 5.91 Å². The van der Waals surface area contributed by atoms with E-state index in [1.165, 1.54) is 0 Å². The normalized spacial score (nSPS) is 10.8. The summed E-state index contributed by atoms with van der Waals surface area (Å²) in [6.07, 6.45) is 0. The minimum atomic E-state index is -0.167. The Bertz CT molecular complexity index is 642. The standard InChI is InChI=1S/C15H21N5O3/c1-11(2)20-14(17-18-19-20)10-23-13-6-4-5-12(9-13)15(21)16-7-8-22-3/h4-6,9,11H,7-8,10H2,1-3H3,(H,16,21). The highest BCUT2D eigenvalue weighted by Gasteiger charge is 2.11. The van der Waals surface area contributed by atoms with E-state index in [1.807, 2.05) is 13.8 Å². The van der Waals surface area contributed by atoms with Crippen LogP contribution in [0.4, 0.5) is 0 Å². The molecule has 1 heterocycles. The van der Waals surface area contributed by atoms with Crippen molar-refractivity contribution in [1.29, 1.82) is 0 Å². The lowest BCUT2D eigenvalue weighted by Gasteiger charge is -2.10. The SMILES string of the molecule is COCCNC(=O)c1cccc(OCc2nnnn2C(C)C)c1. The molecule has 2 aromatic rings. The van der Waals surface area contributed by atoms with Gasteiger partial charge in [-0.15, -0.1) is 5.10 Å². The number of nitrogens with zero attached hydrogens (tertiary/aromatic N) is 4. The third kappa shape index (κ3) is 4.75. The first-order valence-corrected chi connectivity index (χ1v) is 7.38. The molecule has 8 nitrogen and oxygen atoms in total. The maximum absolute atomic E-state index is 12.0. The highest BCUT2D eigenvalue weighted by atomic mass is 16.5. The van der Waals surface area contributed by atoms with E-state index in [0.29, 0.717) is 30.3 Å². The summed E-state index contributed by atoms with van der Waals surface area (Å²) >= 11 is 0. The van der Waals surface area contributed by atoms with Gasteiger partial charge in [-0.1, -0.05) is 6.07 Å². The molecular formula is C15H21N5O3. The average Bonchev–Trinajstić information content (AvgIpc) is 3.02. The summed E-state index contributed by atoms with van der Waals surface area (Å²) in [6, 6.07) is 7.13. The largest absolute Gasteiger partial charge is 0.486 e. The number of tetrazole rings is 1. The molecule has 2 rings (SSSR count). The van der Waals surface area contributed by atoms with Gasteiger partial charge >= 0.3 is 0 Å². The number of ether oxygens (including phenoxy) is 2. The Morgan fingerprint density at radius 3 is 2.96 bits per heavy atom. The van der Waals surface area contributed by atoms with Crippen LogP contribution in [0.2, 0.25) is 0 Å². The Kier molecular flexibility index (Phi) is 6.04. The van der Waals surface area contributed by atoms with Gasteiger partial charge in [0.2, 0.25) is 0 Å². The van der Waals surface area contributed by atoms with Gasteiger partial charge in [0.15, 0.2) is 5.82 Å². The first kappa shape index (κ1) is 16.9. The Labute approximate surface area is 134 Å². The molecule has 1 aromatic carbocycles. The van der Waals surface area contributed by atoms with Crippen molar-refractivity contribution in [3.8, 4) is 5.75 Å². The molecule has 0 saturated carbocycles. The molecule has 0 fully saturated rings. The Morgan fingerprint density at radius 2 is 2.22 bits per heavy atom. The van der Waals surface area contributed by atoms with Crippen LogP contribution < -0.4 is 10.1 Å².